The number of ether oxygens (including phenoxy) is 1. The lowest BCUT2D eigenvalue weighted by atomic mass is 10.3. The van der Waals surface area contributed by atoms with Gasteiger partial charge >= 0.3 is 0 Å². The molecule has 1 N–H and O–H groups in total. The van der Waals surface area contributed by atoms with Gasteiger partial charge in [-0.05, 0) is 38.1 Å². The molecular weight excluding hydrogens is 216 g/mol. The van der Waals surface area contributed by atoms with E-state index in [9.17, 15) is 0 Å². The van der Waals surface area contributed by atoms with Crippen molar-refractivity contribution in [1.29, 1.82) is 0 Å². The summed E-state index contributed by atoms with van der Waals surface area (Å²) in [6.07, 6.45) is 2.01. The minimum Gasteiger partial charge on any atom is -0.508 e. The minimum atomic E-state index is 0.239. The van der Waals surface area contributed by atoms with E-state index < -0.39 is 0 Å². The topological polar surface area (TPSA) is 47.3 Å². The lowest BCUT2D eigenvalue weighted by Gasteiger charge is -2.07. The Labute approximate surface area is 100 Å². The van der Waals surface area contributed by atoms with Crippen molar-refractivity contribution < 1.29 is 9.84 Å². The zero-order chi connectivity index (χ0) is 12.3. The van der Waals surface area contributed by atoms with Gasteiger partial charge in [-0.3, -0.25) is 0 Å². The molecule has 0 saturated carbocycles. The minimum absolute atomic E-state index is 0.239. The van der Waals surface area contributed by atoms with E-state index in [0.29, 0.717) is 6.61 Å². The molecule has 0 aliphatic rings. The molecule has 4 heteroatoms. The Morgan fingerprint density at radius 3 is 2.65 bits per heavy atom. The maximum atomic E-state index is 9.16. The molecule has 0 spiro atoms. The van der Waals surface area contributed by atoms with Crippen LogP contribution in [0.3, 0.4) is 0 Å². The maximum absolute atomic E-state index is 9.16. The fraction of sp³-hybridized carbons (Fsp3) is 0.308. The fourth-order valence-corrected chi connectivity index (χ4v) is 1.68. The number of benzene rings is 1. The predicted octanol–water partition coefficient (Wildman–Crippen LogP) is 2.50. The SMILES string of the molecule is CCn1cc(C)nc1COc1ccc(O)cc1. The molecule has 0 aliphatic heterocycles. The third-order valence-electron chi connectivity index (χ3n) is 2.52. The Kier molecular flexibility index (Phi) is 3.32. The second kappa shape index (κ2) is 4.91. The van der Waals surface area contributed by atoms with E-state index in [1.807, 2.05) is 13.1 Å². The molecule has 2 rings (SSSR count). The van der Waals surface area contributed by atoms with Crippen LogP contribution in [-0.4, -0.2) is 14.7 Å². The van der Waals surface area contributed by atoms with Gasteiger partial charge in [0.05, 0.1) is 5.69 Å². The molecule has 1 heterocycles. The summed E-state index contributed by atoms with van der Waals surface area (Å²) in [6.45, 7) is 5.36. The second-order valence-electron chi connectivity index (χ2n) is 3.87. The summed E-state index contributed by atoms with van der Waals surface area (Å²) < 4.78 is 7.67. The Morgan fingerprint density at radius 2 is 2.00 bits per heavy atom. The molecule has 4 nitrogen and oxygen atoms in total. The Balaban J connectivity index is 2.04. The lowest BCUT2D eigenvalue weighted by Crippen LogP contribution is -2.05. The van der Waals surface area contributed by atoms with Crippen LogP contribution in [0, 0.1) is 6.92 Å². The number of aromatic nitrogens is 2. The van der Waals surface area contributed by atoms with Crippen molar-refractivity contribution in [2.75, 3.05) is 0 Å². The summed E-state index contributed by atoms with van der Waals surface area (Å²) in [4.78, 5) is 4.40. The van der Waals surface area contributed by atoms with E-state index in [2.05, 4.69) is 16.5 Å². The van der Waals surface area contributed by atoms with Crippen LogP contribution in [0.5, 0.6) is 11.5 Å². The highest BCUT2D eigenvalue weighted by Crippen LogP contribution is 2.17. The molecular formula is C13H16N2O2. The number of phenols is 1. The Hall–Kier alpha value is -1.97. The third-order valence-corrected chi connectivity index (χ3v) is 2.52. The van der Waals surface area contributed by atoms with Gasteiger partial charge in [-0.15, -0.1) is 0 Å². The van der Waals surface area contributed by atoms with Crippen molar-refractivity contribution in [1.82, 2.24) is 9.55 Å². The van der Waals surface area contributed by atoms with Gasteiger partial charge in [0.15, 0.2) is 0 Å². The third kappa shape index (κ3) is 2.78. The first-order chi connectivity index (χ1) is 8.19. The summed E-state index contributed by atoms with van der Waals surface area (Å²) in [5, 5.41) is 9.16. The van der Waals surface area contributed by atoms with E-state index in [1.165, 1.54) is 0 Å². The van der Waals surface area contributed by atoms with Crippen LogP contribution in [-0.2, 0) is 13.2 Å². The van der Waals surface area contributed by atoms with Crippen molar-refractivity contribution in [3.8, 4) is 11.5 Å². The van der Waals surface area contributed by atoms with Gasteiger partial charge in [0, 0.05) is 12.7 Å². The zero-order valence-corrected chi connectivity index (χ0v) is 10.1. The van der Waals surface area contributed by atoms with Crippen LogP contribution in [0.2, 0.25) is 0 Å². The first-order valence-electron chi connectivity index (χ1n) is 5.63. The molecule has 0 aliphatic carbocycles. The van der Waals surface area contributed by atoms with Crippen LogP contribution < -0.4 is 4.74 Å². The molecule has 0 amide bonds. The van der Waals surface area contributed by atoms with Crippen molar-refractivity contribution in [3.05, 3.63) is 42.0 Å². The molecule has 0 unspecified atom stereocenters. The van der Waals surface area contributed by atoms with Crippen LogP contribution in [0.25, 0.3) is 0 Å². The van der Waals surface area contributed by atoms with Gasteiger partial charge in [-0.25, -0.2) is 4.98 Å². The highest BCUT2D eigenvalue weighted by molar-refractivity contribution is 5.30. The first kappa shape index (κ1) is 11.5. The van der Waals surface area contributed by atoms with Gasteiger partial charge in [-0.1, -0.05) is 0 Å². The second-order valence-corrected chi connectivity index (χ2v) is 3.87. The van der Waals surface area contributed by atoms with Gasteiger partial charge in [0.2, 0.25) is 0 Å². The summed E-state index contributed by atoms with van der Waals surface area (Å²) in [7, 11) is 0. The molecule has 90 valence electrons. The summed E-state index contributed by atoms with van der Waals surface area (Å²) in [6, 6.07) is 6.68. The number of hydrogen-bond acceptors (Lipinski definition) is 3. The number of aromatic hydroxyl groups is 1. The Morgan fingerprint density at radius 1 is 1.29 bits per heavy atom. The average Bonchev–Trinajstić information content (AvgIpc) is 2.69. The zero-order valence-electron chi connectivity index (χ0n) is 10.1. The van der Waals surface area contributed by atoms with Crippen LogP contribution in [0.4, 0.5) is 0 Å². The quantitative estimate of drug-likeness (QED) is 0.881. The summed E-state index contributed by atoms with van der Waals surface area (Å²) in [5.41, 5.74) is 0.996. The predicted molar refractivity (Wildman–Crippen MR) is 65.1 cm³/mol. The molecule has 0 radical (unpaired) electrons. The van der Waals surface area contributed by atoms with Gasteiger partial charge in [0.1, 0.15) is 23.9 Å². The van der Waals surface area contributed by atoms with E-state index in [0.717, 1.165) is 23.8 Å². The number of nitrogens with zero attached hydrogens (tertiary/aromatic N) is 2. The van der Waals surface area contributed by atoms with Crippen LogP contribution in [0.1, 0.15) is 18.4 Å². The molecule has 1 aromatic heterocycles. The number of phenolic OH excluding ortho intramolecular Hbond substituents is 1. The van der Waals surface area contributed by atoms with Gasteiger partial charge in [-0.2, -0.15) is 0 Å². The van der Waals surface area contributed by atoms with Gasteiger partial charge in [0.25, 0.3) is 0 Å². The molecule has 1 aromatic carbocycles. The number of aryl methyl sites for hydroxylation is 2. The van der Waals surface area contributed by atoms with Crippen molar-refractivity contribution in [2.45, 2.75) is 27.0 Å². The highest BCUT2D eigenvalue weighted by atomic mass is 16.5. The molecule has 2 aromatic rings. The molecule has 0 bridgehead atoms. The van der Waals surface area contributed by atoms with E-state index in [4.69, 9.17) is 9.84 Å². The number of imidazole rings is 1. The van der Waals surface area contributed by atoms with Crippen molar-refractivity contribution in [3.63, 3.8) is 0 Å². The Bertz CT molecular complexity index is 489. The molecule has 0 fully saturated rings. The standard InChI is InChI=1S/C13H16N2O2/c1-3-15-8-10(2)14-13(15)9-17-12-6-4-11(16)5-7-12/h4-8,16H,3,9H2,1-2H3. The van der Waals surface area contributed by atoms with E-state index in [-0.39, 0.29) is 5.75 Å². The number of rotatable bonds is 4. The van der Waals surface area contributed by atoms with Crippen LogP contribution >= 0.6 is 0 Å². The number of hydrogen-bond donors (Lipinski definition) is 1. The summed E-state index contributed by atoms with van der Waals surface area (Å²) in [5.74, 6) is 1.88. The smallest absolute Gasteiger partial charge is 0.147 e. The fourth-order valence-electron chi connectivity index (χ4n) is 1.68. The molecule has 17 heavy (non-hydrogen) atoms. The molecule has 0 atom stereocenters. The summed E-state index contributed by atoms with van der Waals surface area (Å²) >= 11 is 0. The highest BCUT2D eigenvalue weighted by Gasteiger charge is 2.04. The van der Waals surface area contributed by atoms with Crippen molar-refractivity contribution in [2.24, 2.45) is 0 Å². The molecule has 0 saturated heterocycles. The largest absolute Gasteiger partial charge is 0.508 e. The average molecular weight is 232 g/mol. The van der Waals surface area contributed by atoms with E-state index in [1.54, 1.807) is 24.3 Å². The first-order valence-corrected chi connectivity index (χ1v) is 5.63. The normalized spacial score (nSPS) is 10.5. The van der Waals surface area contributed by atoms with Crippen LogP contribution in [0.15, 0.2) is 30.5 Å². The monoisotopic (exact) mass is 232 g/mol. The van der Waals surface area contributed by atoms with Gasteiger partial charge < -0.3 is 14.4 Å². The lowest BCUT2D eigenvalue weighted by molar-refractivity contribution is 0.289. The maximum Gasteiger partial charge on any atom is 0.147 e. The van der Waals surface area contributed by atoms with E-state index >= 15 is 0 Å². The van der Waals surface area contributed by atoms with Crippen molar-refractivity contribution >= 4 is 0 Å².